The Morgan fingerprint density at radius 2 is 1.92 bits per heavy atom. The minimum Gasteiger partial charge on any atom is -0.496 e. The molecule has 1 heterocycles. The first-order chi connectivity index (χ1) is 12.1. The van der Waals surface area contributed by atoms with Crippen molar-refractivity contribution < 1.29 is 14.3 Å². The highest BCUT2D eigenvalue weighted by molar-refractivity contribution is 6.07. The van der Waals surface area contributed by atoms with Crippen molar-refractivity contribution in [2.24, 2.45) is 0 Å². The second-order valence-corrected chi connectivity index (χ2v) is 6.12. The fourth-order valence-corrected chi connectivity index (χ4v) is 3.00. The highest BCUT2D eigenvalue weighted by Gasteiger charge is 2.21. The lowest BCUT2D eigenvalue weighted by atomic mass is 10.1. The van der Waals surface area contributed by atoms with Crippen LogP contribution in [0.3, 0.4) is 0 Å². The standard InChI is InChI=1S/C21H21NO3/c1-15-14-16(6-12-20(15)25-2)5-11-19(23)17-7-9-18(10-8-17)22-13-3-4-21(22)24/h5-12,14H,3-4,13H2,1-2H3/b11-5+. The van der Waals surface area contributed by atoms with Crippen molar-refractivity contribution in [3.05, 3.63) is 65.2 Å². The van der Waals surface area contributed by atoms with Gasteiger partial charge in [-0.25, -0.2) is 0 Å². The number of aryl methyl sites for hydroxylation is 1. The molecule has 1 fully saturated rings. The van der Waals surface area contributed by atoms with Crippen LogP contribution in [-0.4, -0.2) is 25.3 Å². The summed E-state index contributed by atoms with van der Waals surface area (Å²) in [6.45, 7) is 2.72. The molecule has 1 aliphatic heterocycles. The Kier molecular flexibility index (Phi) is 4.98. The average molecular weight is 335 g/mol. The van der Waals surface area contributed by atoms with Gasteiger partial charge < -0.3 is 9.64 Å². The van der Waals surface area contributed by atoms with E-state index >= 15 is 0 Å². The molecule has 0 bridgehead atoms. The molecule has 128 valence electrons. The third-order valence-corrected chi connectivity index (χ3v) is 4.38. The van der Waals surface area contributed by atoms with Crippen LogP contribution in [0.1, 0.15) is 34.3 Å². The topological polar surface area (TPSA) is 46.6 Å². The molecule has 0 saturated carbocycles. The van der Waals surface area contributed by atoms with Gasteiger partial charge in [-0.15, -0.1) is 0 Å². The summed E-state index contributed by atoms with van der Waals surface area (Å²) in [5, 5.41) is 0. The van der Waals surface area contributed by atoms with Crippen molar-refractivity contribution in [2.75, 3.05) is 18.6 Å². The van der Waals surface area contributed by atoms with Crippen LogP contribution in [0.15, 0.2) is 48.5 Å². The van der Waals surface area contributed by atoms with Crippen molar-refractivity contribution in [1.29, 1.82) is 0 Å². The molecular weight excluding hydrogens is 314 g/mol. The van der Waals surface area contributed by atoms with Gasteiger partial charge in [-0.3, -0.25) is 9.59 Å². The number of amides is 1. The molecule has 2 aromatic rings. The molecule has 25 heavy (non-hydrogen) atoms. The SMILES string of the molecule is COc1ccc(/C=C/C(=O)c2ccc(N3CCCC3=O)cc2)cc1C. The van der Waals surface area contributed by atoms with Gasteiger partial charge in [0.2, 0.25) is 5.91 Å². The molecule has 0 unspecified atom stereocenters. The summed E-state index contributed by atoms with van der Waals surface area (Å²) >= 11 is 0. The Morgan fingerprint density at radius 3 is 2.52 bits per heavy atom. The summed E-state index contributed by atoms with van der Waals surface area (Å²) in [5.74, 6) is 0.914. The zero-order chi connectivity index (χ0) is 17.8. The van der Waals surface area contributed by atoms with Gasteiger partial charge in [-0.2, -0.15) is 0 Å². The fraction of sp³-hybridized carbons (Fsp3) is 0.238. The van der Waals surface area contributed by atoms with Crippen LogP contribution < -0.4 is 9.64 Å². The number of allylic oxidation sites excluding steroid dienone is 1. The first-order valence-electron chi connectivity index (χ1n) is 8.36. The fourth-order valence-electron chi connectivity index (χ4n) is 3.00. The van der Waals surface area contributed by atoms with E-state index in [1.165, 1.54) is 0 Å². The van der Waals surface area contributed by atoms with Gasteiger partial charge >= 0.3 is 0 Å². The van der Waals surface area contributed by atoms with Crippen molar-refractivity contribution in [1.82, 2.24) is 0 Å². The molecule has 1 saturated heterocycles. The molecular formula is C21H21NO3. The Labute approximate surface area is 147 Å². The van der Waals surface area contributed by atoms with E-state index in [1.807, 2.05) is 37.3 Å². The van der Waals surface area contributed by atoms with Gasteiger partial charge in [-0.1, -0.05) is 12.1 Å². The summed E-state index contributed by atoms with van der Waals surface area (Å²) in [7, 11) is 1.64. The lowest BCUT2D eigenvalue weighted by Crippen LogP contribution is -2.23. The molecule has 0 aliphatic carbocycles. The molecule has 0 atom stereocenters. The number of ether oxygens (including phenoxy) is 1. The third-order valence-electron chi connectivity index (χ3n) is 4.38. The third kappa shape index (κ3) is 3.79. The first-order valence-corrected chi connectivity index (χ1v) is 8.36. The number of benzene rings is 2. The van der Waals surface area contributed by atoms with Gasteiger partial charge in [0.05, 0.1) is 7.11 Å². The van der Waals surface area contributed by atoms with E-state index in [4.69, 9.17) is 4.74 Å². The van der Waals surface area contributed by atoms with E-state index in [9.17, 15) is 9.59 Å². The number of carbonyl (C=O) groups is 2. The second-order valence-electron chi connectivity index (χ2n) is 6.12. The summed E-state index contributed by atoms with van der Waals surface area (Å²) in [5.41, 5.74) is 3.44. The zero-order valence-electron chi connectivity index (χ0n) is 14.5. The number of carbonyl (C=O) groups excluding carboxylic acids is 2. The minimum atomic E-state index is -0.0623. The van der Waals surface area contributed by atoms with Crippen LogP contribution in [0.2, 0.25) is 0 Å². The molecule has 0 radical (unpaired) electrons. The largest absolute Gasteiger partial charge is 0.496 e. The van der Waals surface area contributed by atoms with Gasteiger partial charge in [0, 0.05) is 24.2 Å². The van der Waals surface area contributed by atoms with Crippen LogP contribution in [0, 0.1) is 6.92 Å². The predicted octanol–water partition coefficient (Wildman–Crippen LogP) is 4.03. The minimum absolute atomic E-state index is 0.0623. The molecule has 4 nitrogen and oxygen atoms in total. The number of nitrogens with zero attached hydrogens (tertiary/aromatic N) is 1. The lowest BCUT2D eigenvalue weighted by Gasteiger charge is -2.15. The lowest BCUT2D eigenvalue weighted by molar-refractivity contribution is -0.117. The van der Waals surface area contributed by atoms with E-state index in [2.05, 4.69) is 0 Å². The highest BCUT2D eigenvalue weighted by atomic mass is 16.5. The molecule has 2 aromatic carbocycles. The van der Waals surface area contributed by atoms with Crippen LogP contribution in [0.4, 0.5) is 5.69 Å². The molecule has 4 heteroatoms. The van der Waals surface area contributed by atoms with E-state index in [1.54, 1.807) is 36.3 Å². The molecule has 0 N–H and O–H groups in total. The quantitative estimate of drug-likeness (QED) is 0.612. The number of hydrogen-bond acceptors (Lipinski definition) is 3. The summed E-state index contributed by atoms with van der Waals surface area (Å²) in [6.07, 6.45) is 4.86. The molecule has 1 amide bonds. The van der Waals surface area contributed by atoms with Gasteiger partial charge in [0.1, 0.15) is 5.75 Å². The second kappa shape index (κ2) is 7.34. The van der Waals surface area contributed by atoms with E-state index < -0.39 is 0 Å². The summed E-state index contributed by atoms with van der Waals surface area (Å²) < 4.78 is 5.24. The van der Waals surface area contributed by atoms with Crippen molar-refractivity contribution in [3.8, 4) is 5.75 Å². The zero-order valence-corrected chi connectivity index (χ0v) is 14.5. The van der Waals surface area contributed by atoms with Gasteiger partial charge in [0.25, 0.3) is 0 Å². The number of rotatable bonds is 5. The van der Waals surface area contributed by atoms with E-state index in [0.717, 1.165) is 35.5 Å². The number of ketones is 1. The number of methoxy groups -OCH3 is 1. The summed E-state index contributed by atoms with van der Waals surface area (Å²) in [6, 6.07) is 13.0. The van der Waals surface area contributed by atoms with Gasteiger partial charge in [0.15, 0.2) is 5.78 Å². The molecule has 0 aromatic heterocycles. The molecule has 1 aliphatic rings. The molecule has 3 rings (SSSR count). The predicted molar refractivity (Wildman–Crippen MR) is 99.1 cm³/mol. The van der Waals surface area contributed by atoms with E-state index in [0.29, 0.717) is 12.0 Å². The highest BCUT2D eigenvalue weighted by Crippen LogP contribution is 2.22. The van der Waals surface area contributed by atoms with Crippen LogP contribution in [-0.2, 0) is 4.79 Å². The van der Waals surface area contributed by atoms with Crippen LogP contribution in [0.5, 0.6) is 5.75 Å². The number of anilines is 1. The maximum atomic E-state index is 12.3. The Bertz CT molecular complexity index is 822. The Balaban J connectivity index is 1.70. The Hall–Kier alpha value is -2.88. The van der Waals surface area contributed by atoms with Crippen LogP contribution in [0.25, 0.3) is 6.08 Å². The maximum Gasteiger partial charge on any atom is 0.227 e. The van der Waals surface area contributed by atoms with Crippen molar-refractivity contribution in [3.63, 3.8) is 0 Å². The number of hydrogen-bond donors (Lipinski definition) is 0. The van der Waals surface area contributed by atoms with Crippen molar-refractivity contribution >= 4 is 23.5 Å². The maximum absolute atomic E-state index is 12.3. The van der Waals surface area contributed by atoms with Gasteiger partial charge in [-0.05, 0) is 66.9 Å². The van der Waals surface area contributed by atoms with Crippen LogP contribution >= 0.6 is 0 Å². The Morgan fingerprint density at radius 1 is 1.16 bits per heavy atom. The average Bonchev–Trinajstić information content (AvgIpc) is 3.06. The smallest absolute Gasteiger partial charge is 0.227 e. The van der Waals surface area contributed by atoms with E-state index in [-0.39, 0.29) is 11.7 Å². The summed E-state index contributed by atoms with van der Waals surface area (Å²) in [4.78, 5) is 25.9. The molecule has 0 spiro atoms. The normalized spacial score (nSPS) is 14.3. The monoisotopic (exact) mass is 335 g/mol. The first kappa shape index (κ1) is 17.0. The van der Waals surface area contributed by atoms with Crippen molar-refractivity contribution in [2.45, 2.75) is 19.8 Å².